The summed E-state index contributed by atoms with van der Waals surface area (Å²) in [6.07, 6.45) is 8.01. The zero-order valence-electron chi connectivity index (χ0n) is 12.6. The Kier molecular flexibility index (Phi) is 2.60. The van der Waals surface area contributed by atoms with Gasteiger partial charge in [0.2, 0.25) is 5.89 Å². The van der Waals surface area contributed by atoms with Gasteiger partial charge in [0.15, 0.2) is 5.82 Å². The van der Waals surface area contributed by atoms with Gasteiger partial charge in [0.1, 0.15) is 0 Å². The van der Waals surface area contributed by atoms with Gasteiger partial charge in [-0.1, -0.05) is 19.0 Å². The monoisotopic (exact) mass is 275 g/mol. The summed E-state index contributed by atoms with van der Waals surface area (Å²) in [5, 5.41) is 4.20. The molecule has 0 amide bonds. The third-order valence-electron chi connectivity index (χ3n) is 6.04. The summed E-state index contributed by atoms with van der Waals surface area (Å²) in [4.78, 5) is 4.74. The predicted molar refractivity (Wildman–Crippen MR) is 76.2 cm³/mol. The maximum Gasteiger partial charge on any atom is 0.232 e. The molecule has 1 heterocycles. The molecule has 4 bridgehead atoms. The number of nitrogens with two attached hydrogens (primary N) is 1. The van der Waals surface area contributed by atoms with Crippen LogP contribution in [0.4, 0.5) is 0 Å². The third kappa shape index (κ3) is 1.77. The first-order valence-electron chi connectivity index (χ1n) is 8.06. The molecule has 5 rings (SSSR count). The van der Waals surface area contributed by atoms with Crippen molar-refractivity contribution in [2.45, 2.75) is 63.7 Å². The van der Waals surface area contributed by atoms with Crippen LogP contribution in [0.5, 0.6) is 0 Å². The van der Waals surface area contributed by atoms with Crippen molar-refractivity contribution in [2.75, 3.05) is 6.54 Å². The van der Waals surface area contributed by atoms with E-state index in [-0.39, 0.29) is 11.3 Å². The normalized spacial score (nSPS) is 44.0. The van der Waals surface area contributed by atoms with E-state index in [1.54, 1.807) is 0 Å². The highest BCUT2D eigenvalue weighted by molar-refractivity contribution is 5.18. The first kappa shape index (κ1) is 12.8. The van der Waals surface area contributed by atoms with E-state index >= 15 is 0 Å². The van der Waals surface area contributed by atoms with E-state index in [9.17, 15) is 0 Å². The molecule has 4 saturated carbocycles. The van der Waals surface area contributed by atoms with Gasteiger partial charge in [0, 0.05) is 12.5 Å². The van der Waals surface area contributed by atoms with Crippen molar-refractivity contribution >= 4 is 0 Å². The van der Waals surface area contributed by atoms with Gasteiger partial charge in [-0.3, -0.25) is 0 Å². The van der Waals surface area contributed by atoms with Gasteiger partial charge < -0.3 is 10.3 Å². The van der Waals surface area contributed by atoms with Gasteiger partial charge in [0.25, 0.3) is 0 Å². The zero-order valence-corrected chi connectivity index (χ0v) is 12.6. The maximum atomic E-state index is 5.72. The average molecular weight is 275 g/mol. The fourth-order valence-electron chi connectivity index (χ4n) is 5.73. The molecular formula is C16H25N3O. The van der Waals surface area contributed by atoms with Crippen molar-refractivity contribution in [3.63, 3.8) is 0 Å². The second-order valence-electron chi connectivity index (χ2n) is 8.15. The van der Waals surface area contributed by atoms with E-state index in [4.69, 9.17) is 15.2 Å². The summed E-state index contributed by atoms with van der Waals surface area (Å²) in [5.41, 5.74) is 6.41. The Labute approximate surface area is 120 Å². The molecule has 0 saturated heterocycles. The molecule has 0 radical (unpaired) electrons. The van der Waals surface area contributed by atoms with Gasteiger partial charge in [-0.25, -0.2) is 0 Å². The lowest BCUT2D eigenvalue weighted by atomic mass is 9.44. The van der Waals surface area contributed by atoms with Gasteiger partial charge >= 0.3 is 0 Å². The molecule has 1 aromatic heterocycles. The summed E-state index contributed by atoms with van der Waals surface area (Å²) < 4.78 is 5.70. The van der Waals surface area contributed by atoms with E-state index in [0.717, 1.165) is 23.6 Å². The van der Waals surface area contributed by atoms with Crippen molar-refractivity contribution in [1.29, 1.82) is 0 Å². The Morgan fingerprint density at radius 2 is 2.00 bits per heavy atom. The van der Waals surface area contributed by atoms with Crippen molar-refractivity contribution in [2.24, 2.45) is 23.0 Å². The minimum absolute atomic E-state index is 0.179. The second kappa shape index (κ2) is 4.06. The van der Waals surface area contributed by atoms with Crippen molar-refractivity contribution < 1.29 is 4.52 Å². The first-order valence-corrected chi connectivity index (χ1v) is 8.06. The summed E-state index contributed by atoms with van der Waals surface area (Å²) in [7, 11) is 0. The topological polar surface area (TPSA) is 64.9 Å². The fourth-order valence-corrected chi connectivity index (χ4v) is 5.73. The Morgan fingerprint density at radius 3 is 2.60 bits per heavy atom. The van der Waals surface area contributed by atoms with Crippen LogP contribution >= 0.6 is 0 Å². The number of hydrogen-bond acceptors (Lipinski definition) is 4. The molecule has 4 heteroatoms. The van der Waals surface area contributed by atoms with Gasteiger partial charge in [0.05, 0.1) is 5.41 Å². The number of aromatic nitrogens is 2. The molecule has 3 atom stereocenters. The van der Waals surface area contributed by atoms with Crippen LogP contribution in [0.3, 0.4) is 0 Å². The van der Waals surface area contributed by atoms with Gasteiger partial charge in [-0.15, -0.1) is 0 Å². The van der Waals surface area contributed by atoms with Gasteiger partial charge in [-0.05, 0) is 55.8 Å². The molecule has 4 nitrogen and oxygen atoms in total. The number of hydrogen-bond donors (Lipinski definition) is 1. The summed E-state index contributed by atoms with van der Waals surface area (Å²) in [6, 6.07) is 0. The summed E-state index contributed by atoms with van der Waals surface area (Å²) in [6.45, 7) is 5.11. The Hall–Kier alpha value is -0.900. The van der Waals surface area contributed by atoms with Crippen LogP contribution in [0.25, 0.3) is 0 Å². The van der Waals surface area contributed by atoms with E-state index in [2.05, 4.69) is 19.0 Å². The molecule has 0 aromatic carbocycles. The van der Waals surface area contributed by atoms with Crippen LogP contribution in [0.15, 0.2) is 4.52 Å². The highest BCUT2D eigenvalue weighted by Crippen LogP contribution is 2.65. The molecule has 4 aliphatic carbocycles. The molecule has 3 unspecified atom stereocenters. The largest absolute Gasteiger partial charge is 0.339 e. The molecule has 20 heavy (non-hydrogen) atoms. The smallest absolute Gasteiger partial charge is 0.232 e. The van der Waals surface area contributed by atoms with Crippen LogP contribution in [0.2, 0.25) is 0 Å². The molecule has 0 spiro atoms. The number of rotatable bonds is 3. The predicted octanol–water partition coefficient (Wildman–Crippen LogP) is 2.99. The minimum Gasteiger partial charge on any atom is -0.339 e. The van der Waals surface area contributed by atoms with Crippen LogP contribution in [0, 0.1) is 17.3 Å². The van der Waals surface area contributed by atoms with Crippen LogP contribution in [-0.4, -0.2) is 16.7 Å². The van der Waals surface area contributed by atoms with Crippen LogP contribution in [-0.2, 0) is 5.41 Å². The van der Waals surface area contributed by atoms with Crippen molar-refractivity contribution in [3.05, 3.63) is 11.7 Å². The molecule has 0 aliphatic heterocycles. The lowest BCUT2D eigenvalue weighted by Crippen LogP contribution is -2.53. The molecule has 4 fully saturated rings. The zero-order chi connectivity index (χ0) is 14.0. The fraction of sp³-hybridized carbons (Fsp3) is 0.875. The summed E-state index contributed by atoms with van der Waals surface area (Å²) >= 11 is 0. The maximum absolute atomic E-state index is 5.72. The molecular weight excluding hydrogens is 250 g/mol. The second-order valence-corrected chi connectivity index (χ2v) is 8.15. The van der Waals surface area contributed by atoms with E-state index in [0.29, 0.717) is 12.0 Å². The quantitative estimate of drug-likeness (QED) is 0.921. The van der Waals surface area contributed by atoms with Crippen molar-refractivity contribution in [3.8, 4) is 0 Å². The minimum atomic E-state index is 0.179. The molecule has 2 N–H and O–H groups in total. The lowest BCUT2D eigenvalue weighted by Gasteiger charge is -2.59. The molecule has 110 valence electrons. The van der Waals surface area contributed by atoms with Crippen LogP contribution < -0.4 is 5.73 Å². The Morgan fingerprint density at radius 1 is 1.30 bits per heavy atom. The first-order chi connectivity index (χ1) is 9.52. The Bertz CT molecular complexity index is 510. The SMILES string of the molecule is CC(CN)c1noc(C23CC4CC(CC(C)(C4)C2)C3)n1. The van der Waals surface area contributed by atoms with Gasteiger partial charge in [-0.2, -0.15) is 4.98 Å². The van der Waals surface area contributed by atoms with E-state index in [1.165, 1.54) is 38.5 Å². The molecule has 1 aromatic rings. The van der Waals surface area contributed by atoms with E-state index in [1.807, 2.05) is 0 Å². The van der Waals surface area contributed by atoms with Crippen molar-refractivity contribution in [1.82, 2.24) is 10.1 Å². The number of nitrogens with zero attached hydrogens (tertiary/aromatic N) is 2. The van der Waals surface area contributed by atoms with Crippen LogP contribution in [0.1, 0.15) is 70.0 Å². The highest BCUT2D eigenvalue weighted by Gasteiger charge is 2.58. The standard InChI is InChI=1S/C16H25N3O/c1-10(8-17)13-18-14(20-19-13)16-6-11-3-12(7-16)5-15(2,4-11)9-16/h10-12H,3-9,17H2,1-2H3. The third-order valence-corrected chi connectivity index (χ3v) is 6.04. The summed E-state index contributed by atoms with van der Waals surface area (Å²) in [5.74, 6) is 3.65. The lowest BCUT2D eigenvalue weighted by molar-refractivity contribution is -0.0724. The van der Waals surface area contributed by atoms with E-state index < -0.39 is 0 Å². The molecule has 4 aliphatic rings. The Balaban J connectivity index is 1.69. The highest BCUT2D eigenvalue weighted by atomic mass is 16.5. The average Bonchev–Trinajstić information content (AvgIpc) is 2.85.